The van der Waals surface area contributed by atoms with Crippen LogP contribution in [0.3, 0.4) is 0 Å². The van der Waals surface area contributed by atoms with E-state index in [9.17, 15) is 37.0 Å². The van der Waals surface area contributed by atoms with Crippen molar-refractivity contribution in [1.29, 1.82) is 0 Å². The van der Waals surface area contributed by atoms with Gasteiger partial charge in [-0.3, -0.25) is 23.7 Å². The van der Waals surface area contributed by atoms with Crippen LogP contribution in [0.1, 0.15) is 6.42 Å². The van der Waals surface area contributed by atoms with E-state index in [0.717, 1.165) is 35.1 Å². The summed E-state index contributed by atoms with van der Waals surface area (Å²) in [4.78, 5) is 63.8. The van der Waals surface area contributed by atoms with E-state index < -0.39 is 77.1 Å². The molecule has 0 aliphatic rings. The lowest BCUT2D eigenvalue weighted by Gasteiger charge is -2.15. The Morgan fingerprint density at radius 2 is 1.29 bits per heavy atom. The molecule has 2 atom stereocenters. The molecule has 14 nitrogen and oxygen atoms in total. The van der Waals surface area contributed by atoms with Gasteiger partial charge >= 0.3 is 23.9 Å². The zero-order valence-corrected chi connectivity index (χ0v) is 19.3. The number of ether oxygens (including phenoxy) is 4. The van der Waals surface area contributed by atoms with Crippen molar-refractivity contribution in [3.63, 3.8) is 0 Å². The highest BCUT2D eigenvalue weighted by Crippen LogP contribution is 2.34. The summed E-state index contributed by atoms with van der Waals surface area (Å²) >= 11 is 0. The highest BCUT2D eigenvalue weighted by Gasteiger charge is 2.27. The van der Waals surface area contributed by atoms with Gasteiger partial charge in [-0.05, 0) is 0 Å². The maximum absolute atomic E-state index is 11.4. The zero-order valence-electron chi connectivity index (χ0n) is 17.6. The molecule has 0 aromatic carbocycles. The van der Waals surface area contributed by atoms with Crippen molar-refractivity contribution in [2.24, 2.45) is 0 Å². The maximum Gasteiger partial charge on any atom is 0.328 e. The first-order valence-electron chi connectivity index (χ1n) is 8.18. The number of hydrogen-bond acceptors (Lipinski definition) is 12. The normalized spacial score (nSPS) is 13.2. The van der Waals surface area contributed by atoms with Crippen molar-refractivity contribution in [1.82, 2.24) is 5.32 Å². The standard InChI is InChI=1S/C9H16NO7P.C6H10O6S/c1-16-8(12)4-6(9(13)17-2)10-7(11)5-18(3,14)15;1-11-5(7)3-13(9,10)4-6(8)12-2/h6H,4-5H2,1-3H3,(H,10,11)(H,14,15);3-4H2,1-2H3. The minimum atomic E-state index is -3.75. The molecule has 0 aromatic rings. The SMILES string of the molecule is COC(=O)CC(NC(=O)CP(C)(=O)O)C(=O)OC.COC(=O)CS(=O)(=O)CC(=O)OC. The van der Waals surface area contributed by atoms with Gasteiger partial charge in [0.25, 0.3) is 0 Å². The summed E-state index contributed by atoms with van der Waals surface area (Å²) in [7, 11) is -2.94. The van der Waals surface area contributed by atoms with Crippen LogP contribution in [-0.4, -0.2) is 102 Å². The van der Waals surface area contributed by atoms with Gasteiger partial charge in [-0.15, -0.1) is 0 Å². The Kier molecular flexibility index (Phi) is 14.3. The third-order valence-electron chi connectivity index (χ3n) is 2.99. The van der Waals surface area contributed by atoms with Crippen LogP contribution in [0.15, 0.2) is 0 Å². The van der Waals surface area contributed by atoms with E-state index in [1.165, 1.54) is 0 Å². The van der Waals surface area contributed by atoms with Crippen LogP contribution in [0.4, 0.5) is 0 Å². The van der Waals surface area contributed by atoms with Gasteiger partial charge in [0.05, 0.1) is 34.9 Å². The molecule has 0 rings (SSSR count). The Bertz CT molecular complexity index is 778. The van der Waals surface area contributed by atoms with Crippen molar-refractivity contribution < 1.29 is 60.8 Å². The van der Waals surface area contributed by atoms with Crippen LogP contribution < -0.4 is 5.32 Å². The number of carbonyl (C=O) groups is 5. The Morgan fingerprint density at radius 1 is 0.871 bits per heavy atom. The van der Waals surface area contributed by atoms with Gasteiger partial charge in [0.15, 0.2) is 9.84 Å². The molecule has 2 N–H and O–H groups in total. The van der Waals surface area contributed by atoms with E-state index >= 15 is 0 Å². The van der Waals surface area contributed by atoms with Crippen molar-refractivity contribution in [2.75, 3.05) is 52.8 Å². The van der Waals surface area contributed by atoms with Crippen molar-refractivity contribution >= 4 is 47.0 Å². The molecule has 0 aromatic heterocycles. The molecule has 0 saturated heterocycles. The van der Waals surface area contributed by atoms with E-state index in [0.29, 0.717) is 0 Å². The topological polar surface area (TPSA) is 206 Å². The smallest absolute Gasteiger partial charge is 0.328 e. The molecule has 16 heteroatoms. The van der Waals surface area contributed by atoms with Gasteiger partial charge < -0.3 is 29.2 Å². The molecule has 0 spiro atoms. The Labute approximate surface area is 178 Å². The highest BCUT2D eigenvalue weighted by atomic mass is 32.2. The fourth-order valence-corrected chi connectivity index (χ4v) is 3.30. The molecule has 2 unspecified atom stereocenters. The molecular formula is C15H26NO13PS. The zero-order chi connectivity index (χ0) is 24.8. The van der Waals surface area contributed by atoms with Gasteiger partial charge in [-0.1, -0.05) is 0 Å². The van der Waals surface area contributed by atoms with Crippen LogP contribution in [-0.2, 0) is 57.3 Å². The van der Waals surface area contributed by atoms with Crippen LogP contribution >= 0.6 is 7.37 Å². The molecule has 180 valence electrons. The van der Waals surface area contributed by atoms with Gasteiger partial charge in [0, 0.05) is 6.66 Å². The van der Waals surface area contributed by atoms with E-state index in [-0.39, 0.29) is 0 Å². The largest absolute Gasteiger partial charge is 0.469 e. The molecule has 0 saturated carbocycles. The van der Waals surface area contributed by atoms with Gasteiger partial charge in [-0.25, -0.2) is 13.2 Å². The predicted octanol–water partition coefficient (Wildman–Crippen LogP) is -2.15. The average molecular weight is 491 g/mol. The van der Waals surface area contributed by atoms with Crippen molar-refractivity contribution in [2.45, 2.75) is 12.5 Å². The first-order chi connectivity index (χ1) is 14.1. The third-order valence-corrected chi connectivity index (χ3v) is 5.21. The molecule has 31 heavy (non-hydrogen) atoms. The number of carbonyl (C=O) groups excluding carboxylic acids is 5. The number of hydrogen-bond donors (Lipinski definition) is 2. The van der Waals surface area contributed by atoms with E-state index in [4.69, 9.17) is 4.89 Å². The second kappa shape index (κ2) is 14.5. The van der Waals surface area contributed by atoms with E-state index in [1.807, 2.05) is 0 Å². The second-order valence-electron chi connectivity index (χ2n) is 5.82. The van der Waals surface area contributed by atoms with Gasteiger partial charge in [0.1, 0.15) is 23.7 Å². The summed E-state index contributed by atoms with van der Waals surface area (Å²) in [5, 5.41) is 2.14. The minimum Gasteiger partial charge on any atom is -0.469 e. The Hall–Kier alpha value is -2.51. The third kappa shape index (κ3) is 16.9. The molecule has 0 fully saturated rings. The van der Waals surface area contributed by atoms with Crippen LogP contribution in [0, 0.1) is 0 Å². The quantitative estimate of drug-likeness (QED) is 0.190. The van der Waals surface area contributed by atoms with Crippen molar-refractivity contribution in [3.8, 4) is 0 Å². The molecule has 0 aliphatic heterocycles. The van der Waals surface area contributed by atoms with Crippen molar-refractivity contribution in [3.05, 3.63) is 0 Å². The van der Waals surface area contributed by atoms with Crippen LogP contribution in [0.25, 0.3) is 0 Å². The molecule has 0 aliphatic carbocycles. The summed E-state index contributed by atoms with van der Waals surface area (Å²) in [6, 6.07) is -1.23. The summed E-state index contributed by atoms with van der Waals surface area (Å²) in [5.41, 5.74) is 0. The number of sulfone groups is 1. The van der Waals surface area contributed by atoms with Crippen LogP contribution in [0.5, 0.6) is 0 Å². The number of amides is 1. The Morgan fingerprint density at radius 3 is 1.61 bits per heavy atom. The number of esters is 4. The molecule has 0 bridgehead atoms. The number of nitrogens with one attached hydrogen (secondary N) is 1. The van der Waals surface area contributed by atoms with Gasteiger partial charge in [0.2, 0.25) is 13.3 Å². The average Bonchev–Trinajstić information content (AvgIpc) is 2.64. The minimum absolute atomic E-state index is 0.408. The number of methoxy groups -OCH3 is 4. The first kappa shape index (κ1) is 30.7. The van der Waals surface area contributed by atoms with Crippen LogP contribution in [0.2, 0.25) is 0 Å². The van der Waals surface area contributed by atoms with E-state index in [2.05, 4.69) is 24.3 Å². The molecule has 0 radical (unpaired) electrons. The summed E-state index contributed by atoms with van der Waals surface area (Å²) in [5.74, 6) is -5.78. The summed E-state index contributed by atoms with van der Waals surface area (Å²) in [6.45, 7) is 1.01. The number of rotatable bonds is 10. The lowest BCUT2D eigenvalue weighted by atomic mass is 10.2. The van der Waals surface area contributed by atoms with Gasteiger partial charge in [-0.2, -0.15) is 0 Å². The fourth-order valence-electron chi connectivity index (χ4n) is 1.62. The Balaban J connectivity index is 0. The predicted molar refractivity (Wildman–Crippen MR) is 104 cm³/mol. The summed E-state index contributed by atoms with van der Waals surface area (Å²) in [6.07, 6.45) is -1.05. The summed E-state index contributed by atoms with van der Waals surface area (Å²) < 4.78 is 50.0. The monoisotopic (exact) mass is 491 g/mol. The molecular weight excluding hydrogens is 465 g/mol. The second-order valence-corrected chi connectivity index (χ2v) is 10.3. The molecule has 1 amide bonds. The maximum atomic E-state index is 11.4. The van der Waals surface area contributed by atoms with E-state index in [1.54, 1.807) is 0 Å². The fraction of sp³-hybridized carbons (Fsp3) is 0.667. The lowest BCUT2D eigenvalue weighted by Crippen LogP contribution is -2.44. The highest BCUT2D eigenvalue weighted by molar-refractivity contribution is 7.92. The lowest BCUT2D eigenvalue weighted by molar-refractivity contribution is -0.150. The molecule has 0 heterocycles. The first-order valence-corrected chi connectivity index (χ1v) is 12.3.